The van der Waals surface area contributed by atoms with Gasteiger partial charge >= 0.3 is 0 Å². The Morgan fingerprint density at radius 1 is 0.902 bits per heavy atom. The van der Waals surface area contributed by atoms with Gasteiger partial charge in [0.15, 0.2) is 0 Å². The molecule has 4 aromatic rings. The number of ether oxygens (including phenoxy) is 1. The number of halogens is 1. The zero-order valence-corrected chi connectivity index (χ0v) is 31.0. The molecule has 1 amide bonds. The highest BCUT2D eigenvalue weighted by Gasteiger charge is 2.32. The van der Waals surface area contributed by atoms with Gasteiger partial charge < -0.3 is 29.0 Å². The van der Waals surface area contributed by atoms with E-state index >= 15 is 4.39 Å². The summed E-state index contributed by atoms with van der Waals surface area (Å²) in [5, 5.41) is 3.20. The van der Waals surface area contributed by atoms with Gasteiger partial charge in [0.25, 0.3) is 11.5 Å². The molecule has 0 atom stereocenters. The molecule has 51 heavy (non-hydrogen) atoms. The van der Waals surface area contributed by atoms with Crippen molar-refractivity contribution in [1.82, 2.24) is 19.0 Å². The Hall–Kier alpha value is -4.48. The predicted molar refractivity (Wildman–Crippen MR) is 203 cm³/mol. The summed E-state index contributed by atoms with van der Waals surface area (Å²) >= 11 is 0. The maximum Gasteiger partial charge on any atom is 0.274 e. The van der Waals surface area contributed by atoms with Gasteiger partial charge in [0, 0.05) is 63.8 Å². The first-order valence-corrected chi connectivity index (χ1v) is 18.7. The maximum atomic E-state index is 15.3. The summed E-state index contributed by atoms with van der Waals surface area (Å²) in [6, 6.07) is 11.2. The molecule has 6 heterocycles. The van der Waals surface area contributed by atoms with Crippen LogP contribution in [-0.4, -0.2) is 76.9 Å². The number of carbonyl (C=O) groups is 1. The summed E-state index contributed by atoms with van der Waals surface area (Å²) < 4.78 is 24.3. The Morgan fingerprint density at radius 2 is 1.65 bits per heavy atom. The van der Waals surface area contributed by atoms with Crippen molar-refractivity contribution in [2.24, 2.45) is 7.05 Å². The number of nitrogens with zero attached hydrogens (tertiary/aromatic N) is 6. The van der Waals surface area contributed by atoms with Crippen molar-refractivity contribution in [1.29, 1.82) is 0 Å². The Labute approximate surface area is 300 Å². The highest BCUT2D eigenvalue weighted by molar-refractivity contribution is 6.07. The molecule has 0 unspecified atom stereocenters. The minimum Gasteiger partial charge on any atom is -0.378 e. The van der Waals surface area contributed by atoms with Crippen LogP contribution in [0, 0.1) is 12.7 Å². The van der Waals surface area contributed by atoms with Crippen LogP contribution in [0.1, 0.15) is 67.8 Å². The van der Waals surface area contributed by atoms with E-state index in [9.17, 15) is 9.59 Å². The summed E-state index contributed by atoms with van der Waals surface area (Å²) in [7, 11) is 1.68. The Bertz CT molecular complexity index is 1910. The summed E-state index contributed by atoms with van der Waals surface area (Å²) in [6.45, 7) is 16.6. The van der Waals surface area contributed by atoms with E-state index in [-0.39, 0.29) is 11.5 Å². The summed E-state index contributed by atoms with van der Waals surface area (Å²) in [5.74, 6) is 0.0168. The third-order valence-electron chi connectivity index (χ3n) is 10.4. The van der Waals surface area contributed by atoms with E-state index in [1.165, 1.54) is 28.0 Å². The highest BCUT2D eigenvalue weighted by Crippen LogP contribution is 2.36. The number of anilines is 4. The first-order valence-electron chi connectivity index (χ1n) is 18.7. The Kier molecular flexibility index (Phi) is 11.3. The van der Waals surface area contributed by atoms with Crippen LogP contribution in [0.4, 0.5) is 27.3 Å². The van der Waals surface area contributed by atoms with E-state index in [4.69, 9.17) is 4.74 Å². The van der Waals surface area contributed by atoms with Gasteiger partial charge in [-0.25, -0.2) is 9.37 Å². The van der Waals surface area contributed by atoms with Gasteiger partial charge in [-0.1, -0.05) is 27.7 Å². The molecule has 11 heteroatoms. The molecule has 1 aliphatic carbocycles. The molecule has 1 aromatic carbocycles. The van der Waals surface area contributed by atoms with Crippen molar-refractivity contribution in [2.75, 3.05) is 61.1 Å². The fourth-order valence-corrected chi connectivity index (χ4v) is 7.62. The lowest BCUT2D eigenvalue weighted by Gasteiger charge is -2.43. The second kappa shape index (κ2) is 15.8. The van der Waals surface area contributed by atoms with Crippen LogP contribution in [0.25, 0.3) is 11.1 Å². The molecule has 8 rings (SSSR count). The summed E-state index contributed by atoms with van der Waals surface area (Å²) in [6.07, 6.45) is 7.85. The number of hydrogen-bond donors (Lipinski definition) is 1. The minimum atomic E-state index is -0.434. The molecular formula is C40H52FN7O3. The van der Waals surface area contributed by atoms with Gasteiger partial charge in [0.2, 0.25) is 0 Å². The highest BCUT2D eigenvalue weighted by atomic mass is 19.1. The molecule has 0 saturated carbocycles. The standard InChI is InChI=1S/C36H40FN7O3.2C2H6/c1-23-29(17-26(37)18-32(23)44-14-13-43-31-6-4-3-5-24(31)16-33(43)36(44)46)25-15-30(35(45)40(2)20-25)39-34-8-7-27(19-38-34)41-9-11-42(12-10-41)28-21-47-22-28;2*1-2/h7-8,15-20,28H,3-6,9-14,21-22H2,1-2H3,(H,38,39);2*1-2H3. The number of nitrogens with one attached hydrogen (secondary N) is 1. The van der Waals surface area contributed by atoms with Crippen molar-refractivity contribution < 1.29 is 13.9 Å². The number of pyridine rings is 2. The lowest BCUT2D eigenvalue weighted by Crippen LogP contribution is -2.56. The molecule has 10 nitrogen and oxygen atoms in total. The fourth-order valence-electron chi connectivity index (χ4n) is 7.62. The number of benzene rings is 1. The van der Waals surface area contributed by atoms with Crippen molar-refractivity contribution >= 4 is 28.8 Å². The molecule has 4 aliphatic rings. The van der Waals surface area contributed by atoms with E-state index in [0.717, 1.165) is 76.3 Å². The fraction of sp³-hybridized carbons (Fsp3) is 0.475. The van der Waals surface area contributed by atoms with Crippen LogP contribution >= 0.6 is 0 Å². The zero-order chi connectivity index (χ0) is 36.2. The average Bonchev–Trinajstić information content (AvgIpc) is 3.53. The molecule has 0 spiro atoms. The SMILES string of the molecule is CC.CC.Cc1c(-c2cc(Nc3ccc(N4CCN(C5COC5)CC4)cn3)c(=O)n(C)c2)cc(F)cc1N1CCn2c(cc3c2CCCC3)C1=O. The second-order valence-corrected chi connectivity index (χ2v) is 13.2. The maximum absolute atomic E-state index is 15.3. The van der Waals surface area contributed by atoms with Crippen molar-refractivity contribution in [3.63, 3.8) is 0 Å². The number of piperazine rings is 1. The van der Waals surface area contributed by atoms with Crippen molar-refractivity contribution in [2.45, 2.75) is 72.9 Å². The van der Waals surface area contributed by atoms with Crippen LogP contribution < -0.4 is 20.7 Å². The van der Waals surface area contributed by atoms with Crippen LogP contribution in [0.3, 0.4) is 0 Å². The van der Waals surface area contributed by atoms with Crippen molar-refractivity contribution in [3.8, 4) is 11.1 Å². The second-order valence-electron chi connectivity index (χ2n) is 13.2. The van der Waals surface area contributed by atoms with Gasteiger partial charge in [-0.3, -0.25) is 14.5 Å². The summed E-state index contributed by atoms with van der Waals surface area (Å²) in [5.41, 5.74) is 7.03. The molecule has 0 bridgehead atoms. The molecule has 1 N–H and O–H groups in total. The third kappa shape index (κ3) is 7.19. The predicted octanol–water partition coefficient (Wildman–Crippen LogP) is 6.55. The Morgan fingerprint density at radius 3 is 2.33 bits per heavy atom. The first-order chi connectivity index (χ1) is 24.8. The Balaban J connectivity index is 0.00000108. The number of aryl methyl sites for hydroxylation is 2. The minimum absolute atomic E-state index is 0.0996. The average molecular weight is 698 g/mol. The van der Waals surface area contributed by atoms with Crippen LogP contribution in [0.15, 0.2) is 53.6 Å². The van der Waals surface area contributed by atoms with Crippen LogP contribution in [0.2, 0.25) is 0 Å². The molecule has 0 radical (unpaired) electrons. The monoisotopic (exact) mass is 697 g/mol. The third-order valence-corrected chi connectivity index (χ3v) is 10.4. The lowest BCUT2D eigenvalue weighted by molar-refractivity contribution is -0.0660. The van der Waals surface area contributed by atoms with Crippen LogP contribution in [-0.2, 0) is 31.2 Å². The smallest absolute Gasteiger partial charge is 0.274 e. The summed E-state index contributed by atoms with van der Waals surface area (Å²) in [4.78, 5) is 38.2. The van der Waals surface area contributed by atoms with E-state index in [1.807, 2.05) is 59.0 Å². The molecule has 2 saturated heterocycles. The number of amides is 1. The molecule has 3 aromatic heterocycles. The number of carbonyl (C=O) groups excluding carboxylic acids is 1. The molecule has 3 aliphatic heterocycles. The number of fused-ring (bicyclic) bond motifs is 3. The van der Waals surface area contributed by atoms with E-state index in [1.54, 1.807) is 24.2 Å². The quantitative estimate of drug-likeness (QED) is 0.245. The lowest BCUT2D eigenvalue weighted by atomic mass is 9.98. The topological polar surface area (TPSA) is 87.9 Å². The number of aromatic nitrogens is 3. The molecular weight excluding hydrogens is 645 g/mol. The van der Waals surface area contributed by atoms with Crippen LogP contribution in [0.5, 0.6) is 0 Å². The van der Waals surface area contributed by atoms with Gasteiger partial charge in [-0.05, 0) is 85.7 Å². The van der Waals surface area contributed by atoms with Crippen molar-refractivity contribution in [3.05, 3.63) is 87.5 Å². The number of rotatable bonds is 6. The first kappa shape index (κ1) is 36.3. The van der Waals surface area contributed by atoms with E-state index in [2.05, 4.69) is 24.7 Å². The van der Waals surface area contributed by atoms with E-state index < -0.39 is 5.82 Å². The largest absolute Gasteiger partial charge is 0.378 e. The zero-order valence-electron chi connectivity index (χ0n) is 31.0. The number of hydrogen-bond acceptors (Lipinski definition) is 7. The van der Waals surface area contributed by atoms with Gasteiger partial charge in [0.1, 0.15) is 23.0 Å². The molecule has 2 fully saturated rings. The van der Waals surface area contributed by atoms with E-state index in [0.29, 0.717) is 53.1 Å². The normalized spacial score (nSPS) is 17.4. The van der Waals surface area contributed by atoms with Gasteiger partial charge in [-0.15, -0.1) is 0 Å². The molecule has 272 valence electrons. The van der Waals surface area contributed by atoms with Gasteiger partial charge in [-0.2, -0.15) is 0 Å². The van der Waals surface area contributed by atoms with Gasteiger partial charge in [0.05, 0.1) is 36.8 Å².